The van der Waals surface area contributed by atoms with E-state index in [4.69, 9.17) is 4.74 Å². The fourth-order valence-corrected chi connectivity index (χ4v) is 2.48. The van der Waals surface area contributed by atoms with Crippen molar-refractivity contribution in [1.29, 1.82) is 0 Å². The van der Waals surface area contributed by atoms with Crippen molar-refractivity contribution < 1.29 is 18.7 Å². The Kier molecular flexibility index (Phi) is 5.73. The Bertz CT molecular complexity index is 735. The first-order valence-corrected chi connectivity index (χ1v) is 7.82. The van der Waals surface area contributed by atoms with Crippen LogP contribution in [0.25, 0.3) is 5.69 Å². The van der Waals surface area contributed by atoms with Crippen molar-refractivity contribution in [1.82, 2.24) is 9.88 Å². The molecule has 2 rings (SSSR count). The molecular formula is C18H21FN2O3. The third-order valence-electron chi connectivity index (χ3n) is 3.64. The molecule has 1 amide bonds. The van der Waals surface area contributed by atoms with Gasteiger partial charge in [0.25, 0.3) is 5.91 Å². The third-order valence-corrected chi connectivity index (χ3v) is 3.64. The average Bonchev–Trinajstić information content (AvgIpc) is 2.86. The molecule has 1 heterocycles. The Morgan fingerprint density at radius 1 is 1.21 bits per heavy atom. The number of ether oxygens (including phenoxy) is 1. The van der Waals surface area contributed by atoms with Crippen molar-refractivity contribution in [3.63, 3.8) is 0 Å². The van der Waals surface area contributed by atoms with Gasteiger partial charge in [-0.2, -0.15) is 0 Å². The summed E-state index contributed by atoms with van der Waals surface area (Å²) < 4.78 is 20.0. The molecule has 0 aliphatic heterocycles. The molecular weight excluding hydrogens is 311 g/mol. The van der Waals surface area contributed by atoms with Gasteiger partial charge in [-0.1, -0.05) is 6.92 Å². The van der Waals surface area contributed by atoms with Crippen molar-refractivity contribution in [2.75, 3.05) is 13.2 Å². The monoisotopic (exact) mass is 332 g/mol. The molecule has 0 radical (unpaired) electrons. The van der Waals surface area contributed by atoms with Gasteiger partial charge in [-0.05, 0) is 50.6 Å². The van der Waals surface area contributed by atoms with E-state index in [1.807, 2.05) is 18.4 Å². The maximum Gasteiger partial charge on any atom is 0.340 e. The van der Waals surface area contributed by atoms with E-state index in [2.05, 4.69) is 5.32 Å². The minimum absolute atomic E-state index is 0.306. The highest BCUT2D eigenvalue weighted by molar-refractivity contribution is 5.93. The molecule has 0 saturated carbocycles. The summed E-state index contributed by atoms with van der Waals surface area (Å²) in [6, 6.07) is 7.71. The second-order valence-electron chi connectivity index (χ2n) is 5.52. The third kappa shape index (κ3) is 4.01. The molecule has 2 aromatic rings. The van der Waals surface area contributed by atoms with Crippen molar-refractivity contribution in [3.05, 3.63) is 53.1 Å². The number of carbonyl (C=O) groups is 2. The lowest BCUT2D eigenvalue weighted by Gasteiger charge is -2.10. The van der Waals surface area contributed by atoms with E-state index in [9.17, 15) is 14.0 Å². The summed E-state index contributed by atoms with van der Waals surface area (Å²) in [7, 11) is 0. The molecule has 6 heteroatoms. The summed E-state index contributed by atoms with van der Waals surface area (Å²) in [4.78, 5) is 23.7. The normalized spacial score (nSPS) is 10.5. The lowest BCUT2D eigenvalue weighted by molar-refractivity contribution is -0.124. The van der Waals surface area contributed by atoms with Crippen molar-refractivity contribution in [2.24, 2.45) is 0 Å². The molecule has 0 saturated heterocycles. The van der Waals surface area contributed by atoms with Crippen LogP contribution in [0.1, 0.15) is 35.1 Å². The molecule has 0 fully saturated rings. The van der Waals surface area contributed by atoms with E-state index in [1.165, 1.54) is 12.1 Å². The Labute approximate surface area is 140 Å². The summed E-state index contributed by atoms with van der Waals surface area (Å²) >= 11 is 0. The van der Waals surface area contributed by atoms with Crippen molar-refractivity contribution >= 4 is 11.9 Å². The highest BCUT2D eigenvalue weighted by Crippen LogP contribution is 2.21. The van der Waals surface area contributed by atoms with Crippen LogP contribution in [0.3, 0.4) is 0 Å². The number of amides is 1. The van der Waals surface area contributed by atoms with Crippen molar-refractivity contribution in [2.45, 2.75) is 27.2 Å². The second kappa shape index (κ2) is 7.77. The number of hydrogen-bond acceptors (Lipinski definition) is 3. The number of esters is 1. The van der Waals surface area contributed by atoms with Gasteiger partial charge < -0.3 is 14.6 Å². The molecule has 0 unspecified atom stereocenters. The largest absolute Gasteiger partial charge is 0.452 e. The zero-order chi connectivity index (χ0) is 17.7. The highest BCUT2D eigenvalue weighted by Gasteiger charge is 2.18. The van der Waals surface area contributed by atoms with Crippen LogP contribution >= 0.6 is 0 Å². The van der Waals surface area contributed by atoms with Gasteiger partial charge >= 0.3 is 5.97 Å². The molecule has 0 atom stereocenters. The Morgan fingerprint density at radius 2 is 1.88 bits per heavy atom. The zero-order valence-electron chi connectivity index (χ0n) is 14.1. The van der Waals surface area contributed by atoms with Gasteiger partial charge in [0.1, 0.15) is 5.82 Å². The summed E-state index contributed by atoms with van der Waals surface area (Å²) in [5.74, 6) is -1.19. The quantitative estimate of drug-likeness (QED) is 0.828. The summed E-state index contributed by atoms with van der Waals surface area (Å²) in [5.41, 5.74) is 2.64. The molecule has 0 aliphatic carbocycles. The molecule has 24 heavy (non-hydrogen) atoms. The fraction of sp³-hybridized carbons (Fsp3) is 0.333. The van der Waals surface area contributed by atoms with Crippen LogP contribution in [0.5, 0.6) is 0 Å². The number of hydrogen-bond donors (Lipinski definition) is 1. The molecule has 1 N–H and O–H groups in total. The van der Waals surface area contributed by atoms with Crippen LogP contribution in [-0.2, 0) is 9.53 Å². The van der Waals surface area contributed by atoms with E-state index >= 15 is 0 Å². The molecule has 0 spiro atoms. The van der Waals surface area contributed by atoms with Crippen LogP contribution in [-0.4, -0.2) is 29.6 Å². The van der Waals surface area contributed by atoms with Crippen LogP contribution < -0.4 is 5.32 Å². The second-order valence-corrected chi connectivity index (χ2v) is 5.52. The number of nitrogens with one attached hydrogen (secondary N) is 1. The van der Waals surface area contributed by atoms with Gasteiger partial charge in [0.05, 0.1) is 5.56 Å². The van der Waals surface area contributed by atoms with Crippen LogP contribution in [0, 0.1) is 19.7 Å². The smallest absolute Gasteiger partial charge is 0.340 e. The summed E-state index contributed by atoms with van der Waals surface area (Å²) in [5, 5.41) is 2.64. The van der Waals surface area contributed by atoms with Gasteiger partial charge in [0.2, 0.25) is 0 Å². The van der Waals surface area contributed by atoms with Gasteiger partial charge in [0, 0.05) is 23.6 Å². The summed E-state index contributed by atoms with van der Waals surface area (Å²) in [6.45, 7) is 5.82. The minimum Gasteiger partial charge on any atom is -0.452 e. The number of nitrogens with zero attached hydrogens (tertiary/aromatic N) is 1. The van der Waals surface area contributed by atoms with Gasteiger partial charge in [-0.3, -0.25) is 4.79 Å². The van der Waals surface area contributed by atoms with Gasteiger partial charge in [0.15, 0.2) is 6.61 Å². The van der Waals surface area contributed by atoms with E-state index < -0.39 is 5.97 Å². The first-order chi connectivity index (χ1) is 11.4. The number of aryl methyl sites for hydroxylation is 1. The maximum absolute atomic E-state index is 13.1. The molecule has 1 aromatic heterocycles. The molecule has 0 bridgehead atoms. The molecule has 128 valence electrons. The van der Waals surface area contributed by atoms with E-state index in [0.29, 0.717) is 17.8 Å². The Hall–Kier alpha value is -2.63. The van der Waals surface area contributed by atoms with Gasteiger partial charge in [-0.25, -0.2) is 9.18 Å². The standard InChI is InChI=1S/C18H21FN2O3/c1-4-9-20-17(22)11-24-18(23)16-10-12(2)21(13(16)3)15-7-5-14(19)6-8-15/h5-8,10H,4,9,11H2,1-3H3,(H,20,22). The Morgan fingerprint density at radius 3 is 2.50 bits per heavy atom. The maximum atomic E-state index is 13.1. The average molecular weight is 332 g/mol. The molecule has 0 aliphatic rings. The van der Waals surface area contributed by atoms with Crippen molar-refractivity contribution in [3.8, 4) is 5.69 Å². The van der Waals surface area contributed by atoms with E-state index in [0.717, 1.165) is 17.8 Å². The lowest BCUT2D eigenvalue weighted by Crippen LogP contribution is -2.29. The number of halogens is 1. The SMILES string of the molecule is CCCNC(=O)COC(=O)c1cc(C)n(-c2ccc(F)cc2)c1C. The fourth-order valence-electron chi connectivity index (χ4n) is 2.48. The molecule has 5 nitrogen and oxygen atoms in total. The summed E-state index contributed by atoms with van der Waals surface area (Å²) in [6.07, 6.45) is 0.818. The highest BCUT2D eigenvalue weighted by atomic mass is 19.1. The molecule has 1 aromatic carbocycles. The van der Waals surface area contributed by atoms with Crippen LogP contribution in [0.2, 0.25) is 0 Å². The number of benzene rings is 1. The lowest BCUT2D eigenvalue weighted by atomic mass is 10.2. The Balaban J connectivity index is 2.14. The minimum atomic E-state index is -0.553. The predicted molar refractivity (Wildman–Crippen MR) is 88.8 cm³/mol. The van der Waals surface area contributed by atoms with E-state index in [-0.39, 0.29) is 18.3 Å². The first kappa shape index (κ1) is 17.7. The number of carbonyl (C=O) groups excluding carboxylic acids is 2. The van der Waals surface area contributed by atoms with Crippen LogP contribution in [0.4, 0.5) is 4.39 Å². The van der Waals surface area contributed by atoms with Gasteiger partial charge in [-0.15, -0.1) is 0 Å². The van der Waals surface area contributed by atoms with E-state index in [1.54, 1.807) is 25.1 Å². The first-order valence-electron chi connectivity index (χ1n) is 7.82. The zero-order valence-corrected chi connectivity index (χ0v) is 14.1. The number of rotatable bonds is 6. The topological polar surface area (TPSA) is 60.3 Å². The number of aromatic nitrogens is 1. The predicted octanol–water partition coefficient (Wildman–Crippen LogP) is 2.92. The van der Waals surface area contributed by atoms with Crippen LogP contribution in [0.15, 0.2) is 30.3 Å².